The highest BCUT2D eigenvalue weighted by atomic mass is 16.5. The molecule has 0 saturated heterocycles. The SMILES string of the molecule is COCCCN(C)c1ccccc1C(C)N. The zero-order chi connectivity index (χ0) is 12.0. The Kier molecular flexibility index (Phi) is 5.29. The molecule has 1 aromatic carbocycles. The number of hydrogen-bond donors (Lipinski definition) is 1. The molecule has 1 aromatic rings. The molecule has 0 aliphatic heterocycles. The second-order valence-corrected chi connectivity index (χ2v) is 4.12. The van der Waals surface area contributed by atoms with Gasteiger partial charge in [0.1, 0.15) is 0 Å². The van der Waals surface area contributed by atoms with Gasteiger partial charge in [0.05, 0.1) is 0 Å². The molecule has 1 atom stereocenters. The van der Waals surface area contributed by atoms with E-state index >= 15 is 0 Å². The van der Waals surface area contributed by atoms with Crippen molar-refractivity contribution in [2.24, 2.45) is 5.73 Å². The van der Waals surface area contributed by atoms with Crippen molar-refractivity contribution >= 4 is 5.69 Å². The van der Waals surface area contributed by atoms with Gasteiger partial charge in [-0.1, -0.05) is 18.2 Å². The lowest BCUT2D eigenvalue weighted by Gasteiger charge is -2.23. The van der Waals surface area contributed by atoms with E-state index in [2.05, 4.69) is 24.1 Å². The highest BCUT2D eigenvalue weighted by molar-refractivity contribution is 5.54. The minimum Gasteiger partial charge on any atom is -0.385 e. The van der Waals surface area contributed by atoms with Crippen LogP contribution in [0.25, 0.3) is 0 Å². The standard InChI is InChI=1S/C13H22N2O/c1-11(14)12-7-4-5-8-13(12)15(2)9-6-10-16-3/h4-5,7-8,11H,6,9-10,14H2,1-3H3. The zero-order valence-corrected chi connectivity index (χ0v) is 10.4. The minimum absolute atomic E-state index is 0.0704. The van der Waals surface area contributed by atoms with Crippen LogP contribution in [-0.2, 0) is 4.74 Å². The van der Waals surface area contributed by atoms with E-state index in [0.717, 1.165) is 19.6 Å². The second kappa shape index (κ2) is 6.51. The van der Waals surface area contributed by atoms with Gasteiger partial charge in [0.2, 0.25) is 0 Å². The van der Waals surface area contributed by atoms with Crippen LogP contribution in [0.5, 0.6) is 0 Å². The molecule has 1 unspecified atom stereocenters. The maximum Gasteiger partial charge on any atom is 0.0479 e. The Morgan fingerprint density at radius 2 is 2.06 bits per heavy atom. The van der Waals surface area contributed by atoms with Gasteiger partial charge in [-0.05, 0) is 25.0 Å². The molecular formula is C13H22N2O. The molecule has 0 heterocycles. The summed E-state index contributed by atoms with van der Waals surface area (Å²) in [6, 6.07) is 8.36. The first-order valence-corrected chi connectivity index (χ1v) is 5.71. The average molecular weight is 222 g/mol. The van der Waals surface area contributed by atoms with Crippen LogP contribution in [0, 0.1) is 0 Å². The molecule has 0 saturated carbocycles. The lowest BCUT2D eigenvalue weighted by Crippen LogP contribution is -2.22. The zero-order valence-electron chi connectivity index (χ0n) is 10.4. The monoisotopic (exact) mass is 222 g/mol. The fourth-order valence-corrected chi connectivity index (χ4v) is 1.79. The van der Waals surface area contributed by atoms with Crippen molar-refractivity contribution in [1.29, 1.82) is 0 Å². The number of anilines is 1. The van der Waals surface area contributed by atoms with Crippen molar-refractivity contribution in [2.45, 2.75) is 19.4 Å². The quantitative estimate of drug-likeness (QED) is 0.750. The van der Waals surface area contributed by atoms with Crippen LogP contribution in [-0.4, -0.2) is 27.3 Å². The number of rotatable bonds is 6. The van der Waals surface area contributed by atoms with Crippen molar-refractivity contribution in [3.05, 3.63) is 29.8 Å². The Morgan fingerprint density at radius 3 is 2.69 bits per heavy atom. The van der Waals surface area contributed by atoms with Gasteiger partial charge >= 0.3 is 0 Å². The molecule has 0 spiro atoms. The van der Waals surface area contributed by atoms with Crippen molar-refractivity contribution in [2.75, 3.05) is 32.2 Å². The van der Waals surface area contributed by atoms with Crippen molar-refractivity contribution in [3.8, 4) is 0 Å². The van der Waals surface area contributed by atoms with E-state index in [9.17, 15) is 0 Å². The van der Waals surface area contributed by atoms with E-state index < -0.39 is 0 Å². The van der Waals surface area contributed by atoms with E-state index in [1.165, 1.54) is 11.3 Å². The number of nitrogens with two attached hydrogens (primary N) is 1. The van der Waals surface area contributed by atoms with Gasteiger partial charge in [0.15, 0.2) is 0 Å². The first-order chi connectivity index (χ1) is 7.66. The van der Waals surface area contributed by atoms with Gasteiger partial charge < -0.3 is 15.4 Å². The molecule has 0 fully saturated rings. The smallest absolute Gasteiger partial charge is 0.0479 e. The summed E-state index contributed by atoms with van der Waals surface area (Å²) in [6.07, 6.45) is 1.03. The topological polar surface area (TPSA) is 38.5 Å². The van der Waals surface area contributed by atoms with E-state index in [-0.39, 0.29) is 6.04 Å². The number of benzene rings is 1. The summed E-state index contributed by atoms with van der Waals surface area (Å²) in [6.45, 7) is 3.80. The normalized spacial score (nSPS) is 12.5. The third-order valence-electron chi connectivity index (χ3n) is 2.68. The molecule has 3 nitrogen and oxygen atoms in total. The number of ether oxygens (including phenoxy) is 1. The molecule has 0 aliphatic rings. The minimum atomic E-state index is 0.0704. The fourth-order valence-electron chi connectivity index (χ4n) is 1.79. The molecule has 1 rings (SSSR count). The van der Waals surface area contributed by atoms with Crippen molar-refractivity contribution in [3.63, 3.8) is 0 Å². The van der Waals surface area contributed by atoms with Gasteiger partial charge in [0, 0.05) is 39.0 Å². The molecule has 0 radical (unpaired) electrons. The van der Waals surface area contributed by atoms with E-state index in [1.807, 2.05) is 19.1 Å². The number of nitrogens with zero attached hydrogens (tertiary/aromatic N) is 1. The molecule has 0 amide bonds. The molecule has 16 heavy (non-hydrogen) atoms. The van der Waals surface area contributed by atoms with Crippen LogP contribution in [0.3, 0.4) is 0 Å². The number of hydrogen-bond acceptors (Lipinski definition) is 3. The van der Waals surface area contributed by atoms with Crippen LogP contribution < -0.4 is 10.6 Å². The lowest BCUT2D eigenvalue weighted by molar-refractivity contribution is 0.196. The Balaban J connectivity index is 2.70. The largest absolute Gasteiger partial charge is 0.385 e. The van der Waals surface area contributed by atoms with Gasteiger partial charge in [-0.2, -0.15) is 0 Å². The van der Waals surface area contributed by atoms with Crippen molar-refractivity contribution in [1.82, 2.24) is 0 Å². The maximum atomic E-state index is 5.96. The Morgan fingerprint density at radius 1 is 1.38 bits per heavy atom. The molecule has 3 heteroatoms. The van der Waals surface area contributed by atoms with E-state index in [4.69, 9.17) is 10.5 Å². The number of methoxy groups -OCH3 is 1. The lowest BCUT2D eigenvalue weighted by atomic mass is 10.1. The van der Waals surface area contributed by atoms with Crippen LogP contribution in [0.2, 0.25) is 0 Å². The number of para-hydroxylation sites is 1. The fraction of sp³-hybridized carbons (Fsp3) is 0.538. The Bertz CT molecular complexity index is 313. The predicted octanol–water partition coefficient (Wildman–Crippen LogP) is 2.18. The first kappa shape index (κ1) is 13.0. The third-order valence-corrected chi connectivity index (χ3v) is 2.68. The summed E-state index contributed by atoms with van der Waals surface area (Å²) in [4.78, 5) is 2.23. The Labute approximate surface area is 98.2 Å². The van der Waals surface area contributed by atoms with Crippen LogP contribution in [0.4, 0.5) is 5.69 Å². The highest BCUT2D eigenvalue weighted by Gasteiger charge is 2.09. The molecule has 0 aliphatic carbocycles. The average Bonchev–Trinajstić information content (AvgIpc) is 2.29. The first-order valence-electron chi connectivity index (χ1n) is 5.71. The van der Waals surface area contributed by atoms with Crippen LogP contribution >= 0.6 is 0 Å². The van der Waals surface area contributed by atoms with Gasteiger partial charge in [-0.15, -0.1) is 0 Å². The van der Waals surface area contributed by atoms with Crippen molar-refractivity contribution < 1.29 is 4.74 Å². The summed E-state index contributed by atoms with van der Waals surface area (Å²) >= 11 is 0. The van der Waals surface area contributed by atoms with E-state index in [1.54, 1.807) is 7.11 Å². The maximum absolute atomic E-state index is 5.96. The van der Waals surface area contributed by atoms with Crippen LogP contribution in [0.1, 0.15) is 24.9 Å². The summed E-state index contributed by atoms with van der Waals surface area (Å²) in [5, 5.41) is 0. The Hall–Kier alpha value is -1.06. The van der Waals surface area contributed by atoms with Crippen LogP contribution in [0.15, 0.2) is 24.3 Å². The highest BCUT2D eigenvalue weighted by Crippen LogP contribution is 2.23. The predicted molar refractivity (Wildman–Crippen MR) is 68.8 cm³/mol. The molecule has 0 aromatic heterocycles. The second-order valence-electron chi connectivity index (χ2n) is 4.12. The summed E-state index contributed by atoms with van der Waals surface area (Å²) in [5.74, 6) is 0. The third kappa shape index (κ3) is 3.51. The molecule has 2 N–H and O–H groups in total. The summed E-state index contributed by atoms with van der Waals surface area (Å²) in [5.41, 5.74) is 8.37. The summed E-state index contributed by atoms with van der Waals surface area (Å²) in [7, 11) is 3.83. The molecular weight excluding hydrogens is 200 g/mol. The summed E-state index contributed by atoms with van der Waals surface area (Å²) < 4.78 is 5.05. The molecule has 0 bridgehead atoms. The van der Waals surface area contributed by atoms with Gasteiger partial charge in [-0.3, -0.25) is 0 Å². The molecule has 90 valence electrons. The van der Waals surface area contributed by atoms with Gasteiger partial charge in [0.25, 0.3) is 0 Å². The van der Waals surface area contributed by atoms with Gasteiger partial charge in [-0.25, -0.2) is 0 Å². The van der Waals surface area contributed by atoms with E-state index in [0.29, 0.717) is 0 Å².